The molecule has 150 heavy (non-hydrogen) atoms. The van der Waals surface area contributed by atoms with E-state index in [0.29, 0.717) is 5.56 Å². The van der Waals surface area contributed by atoms with Crippen molar-refractivity contribution in [3.63, 3.8) is 0 Å². The van der Waals surface area contributed by atoms with Gasteiger partial charge in [0.2, 0.25) is 0 Å². The van der Waals surface area contributed by atoms with Crippen LogP contribution in [0.1, 0.15) is 6.85 Å². The van der Waals surface area contributed by atoms with Crippen LogP contribution in [0.5, 0.6) is 0 Å². The summed E-state index contributed by atoms with van der Waals surface area (Å²) >= 11 is 0. The molecule has 0 spiro atoms. The van der Waals surface area contributed by atoms with Crippen molar-refractivity contribution in [2.45, 2.75) is 0 Å². The molecular formula is C150H98. The quantitative estimate of drug-likeness (QED) is 0.0952. The Kier molecular flexibility index (Phi) is 21.8. The highest BCUT2D eigenvalue weighted by molar-refractivity contribution is 6.29. The molecule has 0 unspecified atom stereocenters. The molecule has 0 aliphatic carbocycles. The molecule has 0 nitrogen and oxygen atoms in total. The largest absolute Gasteiger partial charge is 0.0629 e. The molecule has 29 aromatic carbocycles. The average molecular weight is 1910 g/mol. The van der Waals surface area contributed by atoms with Gasteiger partial charge in [0.05, 0.1) is 6.85 Å². The minimum absolute atomic E-state index is 0.198. The molecule has 0 saturated heterocycles. The van der Waals surface area contributed by atoms with Crippen molar-refractivity contribution in [1.82, 2.24) is 0 Å². The Balaban J connectivity index is 0.000000114. The van der Waals surface area contributed by atoms with E-state index in [1.807, 2.05) is 42.5 Å². The van der Waals surface area contributed by atoms with Gasteiger partial charge < -0.3 is 0 Å². The molecule has 698 valence electrons. The first kappa shape index (κ1) is 83.9. The molecule has 0 amide bonds. The summed E-state index contributed by atoms with van der Waals surface area (Å²) in [5.41, 5.74) is 32.2. The lowest BCUT2D eigenvalue weighted by Gasteiger charge is -2.21. The van der Waals surface area contributed by atoms with Crippen LogP contribution in [0.25, 0.3) is 285 Å². The van der Waals surface area contributed by atoms with E-state index in [9.17, 15) is 0 Å². The molecular weight excluding hydrogens is 1800 g/mol. The van der Waals surface area contributed by atoms with E-state index in [0.717, 1.165) is 65.7 Å². The normalized spacial score (nSPS) is 11.9. The van der Waals surface area contributed by atoms with Crippen molar-refractivity contribution in [3.8, 4) is 156 Å². The molecule has 29 aromatic rings. The van der Waals surface area contributed by atoms with Crippen molar-refractivity contribution >= 4 is 129 Å². The van der Waals surface area contributed by atoms with Crippen LogP contribution < -0.4 is 0 Å². The molecule has 29 rings (SSSR count). The fraction of sp³-hybridized carbons (Fsp3) is 0. The second-order valence-electron chi connectivity index (χ2n) is 38.9. The predicted octanol–water partition coefficient (Wildman–Crippen LogP) is 42.2. The van der Waals surface area contributed by atoms with Crippen molar-refractivity contribution in [1.29, 1.82) is 0 Å². The molecule has 0 heteroatoms. The molecule has 0 aliphatic heterocycles. The van der Waals surface area contributed by atoms with Gasteiger partial charge in [0.1, 0.15) is 0 Å². The van der Waals surface area contributed by atoms with Crippen LogP contribution in [-0.2, 0) is 0 Å². The third-order valence-electron chi connectivity index (χ3n) is 30.5. The van der Waals surface area contributed by atoms with Gasteiger partial charge in [-0.05, 0) is 303 Å². The Bertz CT molecular complexity index is 10500. The Labute approximate surface area is 880 Å². The molecule has 0 heterocycles. The van der Waals surface area contributed by atoms with Crippen molar-refractivity contribution in [2.24, 2.45) is 0 Å². The first-order valence-electron chi connectivity index (χ1n) is 54.1. The number of fused-ring (bicyclic) bond motifs is 12. The van der Waals surface area contributed by atoms with Gasteiger partial charge in [0.15, 0.2) is 0 Å². The van der Waals surface area contributed by atoms with E-state index >= 15 is 0 Å². The zero-order valence-corrected chi connectivity index (χ0v) is 82.2. The van der Waals surface area contributed by atoms with Gasteiger partial charge in [-0.2, -0.15) is 0 Å². The smallest absolute Gasteiger partial charge is 0.0622 e. The number of rotatable bonds is 14. The van der Waals surface area contributed by atoms with E-state index in [1.54, 1.807) is 0 Å². The molecule has 0 aliphatic rings. The average Bonchev–Trinajstić information content (AvgIpc) is 0.722. The molecule has 0 bridgehead atoms. The van der Waals surface area contributed by atoms with Crippen LogP contribution in [-0.4, -0.2) is 0 Å². The van der Waals surface area contributed by atoms with Crippen LogP contribution in [0.15, 0.2) is 594 Å². The zero-order valence-electron chi connectivity index (χ0n) is 87.2. The van der Waals surface area contributed by atoms with E-state index in [-0.39, 0.29) is 29.7 Å². The lowest BCUT2D eigenvalue weighted by atomic mass is 9.82. The summed E-state index contributed by atoms with van der Waals surface area (Å²) in [6.07, 6.45) is 0. The van der Waals surface area contributed by atoms with E-state index in [2.05, 4.69) is 522 Å². The van der Waals surface area contributed by atoms with Gasteiger partial charge in [-0.3, -0.25) is 0 Å². The van der Waals surface area contributed by atoms with Crippen LogP contribution in [0, 0.1) is 0 Å². The SMILES string of the molecule is [2H]c1c([2H])c([2H])c(-c2ccc3c(-c4ccc(-c5ccccc5)cc4)c4ccccc4c(-c4cccc5ccccc45)c3c2)c([2H])c1[2H].c1ccc(-c2ccc(-c3c4ccccc4c(-c4cccc5ccccc45)c4cc(-c5c6ccccc6c(-c6ccccc6)c6ccccc56)ccc34)cc2)cc1.c1ccc(-c2ccc(-c3c4ccccc4c(-c4cccc5ccccc45)c4cc(-c5ccc(-c6cccc7ccccc67)cc5)ccc34)cc2)cc1. The summed E-state index contributed by atoms with van der Waals surface area (Å²) < 4.78 is 42.3. The maximum atomic E-state index is 8.73. The fourth-order valence-corrected chi connectivity index (χ4v) is 23.6. The third-order valence-corrected chi connectivity index (χ3v) is 30.5. The summed E-state index contributed by atoms with van der Waals surface area (Å²) in [6, 6.07) is 202. The molecule has 0 atom stereocenters. The highest BCUT2D eigenvalue weighted by Crippen LogP contribution is 2.54. The maximum absolute atomic E-state index is 8.73. The van der Waals surface area contributed by atoms with Gasteiger partial charge in [-0.1, -0.05) is 576 Å². The van der Waals surface area contributed by atoms with E-state index < -0.39 is 6.04 Å². The van der Waals surface area contributed by atoms with Crippen molar-refractivity contribution < 1.29 is 6.85 Å². The van der Waals surface area contributed by atoms with Crippen LogP contribution in [0.4, 0.5) is 0 Å². The molecule has 0 saturated carbocycles. The Morgan fingerprint density at radius 2 is 0.273 bits per heavy atom. The van der Waals surface area contributed by atoms with Crippen LogP contribution in [0.2, 0.25) is 0 Å². The highest BCUT2D eigenvalue weighted by atomic mass is 14.3. The predicted molar refractivity (Wildman–Crippen MR) is 646 cm³/mol. The maximum Gasteiger partial charge on any atom is 0.0629 e. The zero-order chi connectivity index (χ0) is 104. The molecule has 0 radical (unpaired) electrons. The summed E-state index contributed by atoms with van der Waals surface area (Å²) in [7, 11) is 0. The lowest BCUT2D eigenvalue weighted by molar-refractivity contribution is 1.60. The highest BCUT2D eigenvalue weighted by Gasteiger charge is 2.27. The fourth-order valence-electron chi connectivity index (χ4n) is 23.6. The first-order chi connectivity index (χ1) is 76.5. The van der Waals surface area contributed by atoms with Crippen LogP contribution in [0.3, 0.4) is 0 Å². The Morgan fingerprint density at radius 1 is 0.0933 bits per heavy atom. The lowest BCUT2D eigenvalue weighted by Crippen LogP contribution is -1.94. The molecule has 0 N–H and O–H groups in total. The Hall–Kier alpha value is -19.5. The van der Waals surface area contributed by atoms with E-state index in [1.165, 1.54) is 208 Å². The minimum atomic E-state index is -0.395. The monoisotopic (exact) mass is 1900 g/mol. The van der Waals surface area contributed by atoms with Crippen LogP contribution >= 0.6 is 0 Å². The summed E-state index contributed by atoms with van der Waals surface area (Å²) in [4.78, 5) is 0. The standard InChI is InChI=1S/C56H36.C52H34.C42H28/c1-3-16-37(17-4-1)38-30-32-41(33-31-38)54-49-27-13-14-28-50(49)56(44-29-15-21-39-18-7-8-22-43(39)44)52-36-42(34-35-51(52)54)55-47-25-11-9-23-45(47)53(40-19-5-2-6-20-40)46-24-10-12-26-48(46)55;1-2-12-35(13-3-1)36-26-30-41(31-27-36)51-47-20-8-9-21-48(47)52(46-23-11-17-39-15-5-7-19-45(39)46)50-34-42(32-33-49(50)51)37-24-28-40(29-25-37)44-22-10-16-38-14-4-6-18-43(38)44;1-3-12-29(13-4-1)31-22-24-33(25-23-31)41-37-19-9-10-20-38(37)42(36-21-11-17-32-16-7-8-18-35(32)36)40-28-34(26-27-39(40)41)30-14-5-2-6-15-30/h1-36H;1-34H;1-28H/i;;2D,5D,6D,14D,15D. The number of hydrogen-bond acceptors (Lipinski definition) is 0. The molecule has 0 aromatic heterocycles. The number of benzene rings is 29. The summed E-state index contributed by atoms with van der Waals surface area (Å²) in [5.74, 6) is 0. The Morgan fingerprint density at radius 3 is 0.580 bits per heavy atom. The minimum Gasteiger partial charge on any atom is -0.0622 e. The second-order valence-corrected chi connectivity index (χ2v) is 38.9. The van der Waals surface area contributed by atoms with Crippen molar-refractivity contribution in [2.75, 3.05) is 0 Å². The molecule has 0 fully saturated rings. The summed E-state index contributed by atoms with van der Waals surface area (Å²) in [6.45, 7) is 0. The van der Waals surface area contributed by atoms with Gasteiger partial charge in [0, 0.05) is 0 Å². The third kappa shape index (κ3) is 16.3. The van der Waals surface area contributed by atoms with Gasteiger partial charge in [-0.25, -0.2) is 0 Å². The van der Waals surface area contributed by atoms with Gasteiger partial charge in [0.25, 0.3) is 0 Å². The number of hydrogen-bond donors (Lipinski definition) is 0. The second kappa shape index (κ2) is 38.9. The van der Waals surface area contributed by atoms with Crippen molar-refractivity contribution in [3.05, 3.63) is 594 Å². The van der Waals surface area contributed by atoms with Gasteiger partial charge in [-0.15, -0.1) is 0 Å². The summed E-state index contributed by atoms with van der Waals surface area (Å²) in [5, 5.41) is 29.1. The first-order valence-corrected chi connectivity index (χ1v) is 51.6. The topological polar surface area (TPSA) is 0 Å². The van der Waals surface area contributed by atoms with E-state index in [4.69, 9.17) is 6.85 Å². The van der Waals surface area contributed by atoms with Gasteiger partial charge >= 0.3 is 0 Å².